The van der Waals surface area contributed by atoms with Crippen LogP contribution in [0, 0.1) is 0 Å². The molecule has 3 heterocycles. The molecule has 0 spiro atoms. The molecular weight excluding hydrogens is 508 g/mol. The second-order valence-corrected chi connectivity index (χ2v) is 9.68. The molecule has 7 heteroatoms. The molecule has 6 nitrogen and oxygen atoms in total. The van der Waals surface area contributed by atoms with Crippen LogP contribution in [-0.2, 0) is 6.42 Å². The number of phenolic OH excluding ortho intramolecular Hbond substituents is 1. The second-order valence-electron chi connectivity index (χ2n) is 8.86. The van der Waals surface area contributed by atoms with Gasteiger partial charge in [0.2, 0.25) is 0 Å². The minimum atomic E-state index is -0.458. The number of pyridine rings is 1. The van der Waals surface area contributed by atoms with Gasteiger partial charge < -0.3 is 14.3 Å². The van der Waals surface area contributed by atoms with Crippen LogP contribution in [0.15, 0.2) is 74.6 Å². The van der Waals surface area contributed by atoms with Crippen molar-refractivity contribution in [3.63, 3.8) is 0 Å². The minimum absolute atomic E-state index is 0.0516. The Kier molecular flexibility index (Phi) is 7.16. The van der Waals surface area contributed by atoms with E-state index in [1.165, 1.54) is 25.3 Å². The van der Waals surface area contributed by atoms with Gasteiger partial charge >= 0.3 is 5.63 Å². The van der Waals surface area contributed by atoms with Crippen molar-refractivity contribution in [2.45, 2.75) is 25.7 Å². The van der Waals surface area contributed by atoms with Crippen molar-refractivity contribution in [3.8, 4) is 22.6 Å². The van der Waals surface area contributed by atoms with Gasteiger partial charge in [-0.15, -0.1) is 0 Å². The van der Waals surface area contributed by atoms with E-state index >= 15 is 0 Å². The number of aromatic hydroxyl groups is 1. The highest BCUT2D eigenvalue weighted by Crippen LogP contribution is 2.31. The first-order chi connectivity index (χ1) is 17.1. The summed E-state index contributed by atoms with van der Waals surface area (Å²) in [5.74, 6) is 0.890. The van der Waals surface area contributed by atoms with Crippen LogP contribution in [0.3, 0.4) is 0 Å². The Balaban J connectivity index is 1.41. The van der Waals surface area contributed by atoms with E-state index < -0.39 is 5.63 Å². The number of piperidine rings is 1. The number of hydrogen-bond acceptors (Lipinski definition) is 6. The van der Waals surface area contributed by atoms with Crippen LogP contribution in [0.5, 0.6) is 11.5 Å². The Morgan fingerprint density at radius 1 is 1.03 bits per heavy atom. The number of nitrogens with zero attached hydrogens (tertiary/aromatic N) is 2. The van der Waals surface area contributed by atoms with Crippen molar-refractivity contribution in [2.24, 2.45) is 0 Å². The van der Waals surface area contributed by atoms with E-state index in [1.807, 2.05) is 30.3 Å². The molecule has 0 atom stereocenters. The maximum Gasteiger partial charge on any atom is 0.344 e. The van der Waals surface area contributed by atoms with Crippen LogP contribution in [-0.4, -0.2) is 41.2 Å². The number of ether oxygens (including phenoxy) is 1. The lowest BCUT2D eigenvalue weighted by molar-refractivity contribution is 0.183. The topological polar surface area (TPSA) is 75.8 Å². The number of aromatic nitrogens is 1. The fourth-order valence-corrected chi connectivity index (χ4v) is 4.87. The molecule has 0 amide bonds. The third kappa shape index (κ3) is 5.57. The molecule has 5 rings (SSSR count). The van der Waals surface area contributed by atoms with Crippen LogP contribution < -0.4 is 10.4 Å². The van der Waals surface area contributed by atoms with Gasteiger partial charge in [-0.3, -0.25) is 4.90 Å². The maximum atomic E-state index is 13.0. The highest BCUT2D eigenvalue weighted by Gasteiger charge is 2.18. The number of likely N-dealkylation sites (tertiary alicyclic amines) is 1. The number of benzene rings is 2. The zero-order valence-electron chi connectivity index (χ0n) is 19.4. The summed E-state index contributed by atoms with van der Waals surface area (Å²) in [6.07, 6.45) is 6.06. The van der Waals surface area contributed by atoms with E-state index in [0.29, 0.717) is 34.3 Å². The molecular formula is C28H27BrN2O4. The SMILES string of the molecule is O=c1oc2cc(O)ccc2c(Cc2ccc(OCCN3CCCCC3)cc2)c1-c1ccc(Br)nc1. The monoisotopic (exact) mass is 534 g/mol. The van der Waals surface area contributed by atoms with Gasteiger partial charge in [0.15, 0.2) is 0 Å². The summed E-state index contributed by atoms with van der Waals surface area (Å²) < 4.78 is 12.2. The average Bonchev–Trinajstić information content (AvgIpc) is 2.86. The van der Waals surface area contributed by atoms with E-state index in [9.17, 15) is 9.90 Å². The first-order valence-electron chi connectivity index (χ1n) is 11.9. The normalized spacial score (nSPS) is 14.3. The Morgan fingerprint density at radius 3 is 2.57 bits per heavy atom. The molecule has 1 fully saturated rings. The number of rotatable bonds is 7. The summed E-state index contributed by atoms with van der Waals surface area (Å²) >= 11 is 3.35. The molecule has 4 aromatic rings. The van der Waals surface area contributed by atoms with Crippen LogP contribution in [0.1, 0.15) is 30.4 Å². The zero-order chi connectivity index (χ0) is 24.2. The molecule has 0 bridgehead atoms. The van der Waals surface area contributed by atoms with E-state index in [-0.39, 0.29) is 5.75 Å². The molecule has 2 aromatic carbocycles. The number of fused-ring (bicyclic) bond motifs is 1. The van der Waals surface area contributed by atoms with Gasteiger partial charge in [-0.1, -0.05) is 18.6 Å². The summed E-state index contributed by atoms with van der Waals surface area (Å²) in [6, 6.07) is 16.5. The summed E-state index contributed by atoms with van der Waals surface area (Å²) in [6.45, 7) is 3.95. The summed E-state index contributed by atoms with van der Waals surface area (Å²) in [5, 5.41) is 10.7. The van der Waals surface area contributed by atoms with Gasteiger partial charge in [0.05, 0.1) is 5.56 Å². The van der Waals surface area contributed by atoms with Crippen LogP contribution in [0.2, 0.25) is 0 Å². The first kappa shape index (κ1) is 23.6. The third-order valence-corrected chi connectivity index (χ3v) is 6.91. The smallest absolute Gasteiger partial charge is 0.344 e. The summed E-state index contributed by atoms with van der Waals surface area (Å²) in [4.78, 5) is 19.8. The van der Waals surface area contributed by atoms with Crippen molar-refractivity contribution in [3.05, 3.63) is 86.9 Å². The second kappa shape index (κ2) is 10.6. The van der Waals surface area contributed by atoms with E-state index in [0.717, 1.165) is 41.9 Å². The van der Waals surface area contributed by atoms with Gasteiger partial charge in [0.1, 0.15) is 28.3 Å². The van der Waals surface area contributed by atoms with Crippen molar-refractivity contribution in [1.82, 2.24) is 9.88 Å². The van der Waals surface area contributed by atoms with Crippen molar-refractivity contribution in [2.75, 3.05) is 26.2 Å². The molecule has 0 unspecified atom stereocenters. The fraction of sp³-hybridized carbons (Fsp3) is 0.286. The number of hydrogen-bond donors (Lipinski definition) is 1. The molecule has 2 aromatic heterocycles. The molecule has 35 heavy (non-hydrogen) atoms. The Hall–Kier alpha value is -3.16. The van der Waals surface area contributed by atoms with Gasteiger partial charge in [-0.25, -0.2) is 9.78 Å². The molecule has 0 aliphatic carbocycles. The average molecular weight is 535 g/mol. The lowest BCUT2D eigenvalue weighted by Gasteiger charge is -2.26. The molecule has 1 N–H and O–H groups in total. The third-order valence-electron chi connectivity index (χ3n) is 6.44. The van der Waals surface area contributed by atoms with Gasteiger partial charge in [0, 0.05) is 29.8 Å². The molecule has 1 saturated heterocycles. The Morgan fingerprint density at radius 2 is 1.83 bits per heavy atom. The maximum absolute atomic E-state index is 13.0. The van der Waals surface area contributed by atoms with Crippen molar-refractivity contribution >= 4 is 26.9 Å². The number of halogens is 1. The Labute approximate surface area is 212 Å². The quantitative estimate of drug-likeness (QED) is 0.239. The predicted octanol–water partition coefficient (Wildman–Crippen LogP) is 5.78. The minimum Gasteiger partial charge on any atom is -0.508 e. The van der Waals surface area contributed by atoms with E-state index in [2.05, 4.69) is 25.8 Å². The first-order valence-corrected chi connectivity index (χ1v) is 12.7. The van der Waals surface area contributed by atoms with Gasteiger partial charge in [-0.2, -0.15) is 0 Å². The van der Waals surface area contributed by atoms with E-state index in [1.54, 1.807) is 24.4 Å². The van der Waals surface area contributed by atoms with Crippen LogP contribution in [0.4, 0.5) is 0 Å². The molecule has 180 valence electrons. The largest absolute Gasteiger partial charge is 0.508 e. The highest BCUT2D eigenvalue weighted by atomic mass is 79.9. The van der Waals surface area contributed by atoms with E-state index in [4.69, 9.17) is 9.15 Å². The zero-order valence-corrected chi connectivity index (χ0v) is 21.0. The van der Waals surface area contributed by atoms with Crippen molar-refractivity contribution in [1.29, 1.82) is 0 Å². The van der Waals surface area contributed by atoms with Crippen LogP contribution in [0.25, 0.3) is 22.1 Å². The molecule has 0 saturated carbocycles. The lowest BCUT2D eigenvalue weighted by Crippen LogP contribution is -2.33. The molecule has 1 aliphatic heterocycles. The standard InChI is InChI=1S/C28H27BrN2O4/c29-26-11-6-20(18-30-26)27-24(23-10-7-21(32)17-25(23)35-28(27)33)16-19-4-8-22(9-5-19)34-15-14-31-12-2-1-3-13-31/h4-11,17-18,32H,1-3,12-16H2. The predicted molar refractivity (Wildman–Crippen MR) is 140 cm³/mol. The van der Waals surface area contributed by atoms with Gasteiger partial charge in [0.25, 0.3) is 0 Å². The lowest BCUT2D eigenvalue weighted by atomic mass is 9.94. The van der Waals surface area contributed by atoms with Crippen molar-refractivity contribution < 1.29 is 14.3 Å². The highest BCUT2D eigenvalue weighted by molar-refractivity contribution is 9.10. The summed E-state index contributed by atoms with van der Waals surface area (Å²) in [5.41, 5.74) is 2.94. The fourth-order valence-electron chi connectivity index (χ4n) is 4.64. The van der Waals surface area contributed by atoms with Crippen LogP contribution >= 0.6 is 15.9 Å². The number of phenols is 1. The Bertz CT molecular complexity index is 1360. The van der Waals surface area contributed by atoms with Gasteiger partial charge in [-0.05, 0) is 95.8 Å². The molecule has 1 aliphatic rings. The summed E-state index contributed by atoms with van der Waals surface area (Å²) in [7, 11) is 0. The molecule has 0 radical (unpaired) electrons.